The van der Waals surface area contributed by atoms with Gasteiger partial charge in [-0.15, -0.1) is 0 Å². The summed E-state index contributed by atoms with van der Waals surface area (Å²) in [6.45, 7) is 3.12. The topological polar surface area (TPSA) is 84.9 Å². The SMILES string of the molecule is CS(=O)(=O)N[C@H]1CCO[C@@]2(CCN(C(=O)C3CCOCC3)C2)C1. The smallest absolute Gasteiger partial charge is 0.225 e. The quantitative estimate of drug-likeness (QED) is 0.784. The monoisotopic (exact) mass is 346 g/mol. The van der Waals surface area contributed by atoms with Gasteiger partial charge in [0.1, 0.15) is 0 Å². The Morgan fingerprint density at radius 1 is 1.22 bits per heavy atom. The zero-order valence-electron chi connectivity index (χ0n) is 13.6. The normalized spacial score (nSPS) is 33.3. The molecule has 0 aliphatic carbocycles. The molecule has 3 aliphatic rings. The van der Waals surface area contributed by atoms with Crippen LogP contribution in [0.3, 0.4) is 0 Å². The molecule has 0 radical (unpaired) electrons. The minimum absolute atomic E-state index is 0.0624. The summed E-state index contributed by atoms with van der Waals surface area (Å²) in [5.41, 5.74) is -0.387. The number of hydrogen-bond donors (Lipinski definition) is 1. The highest BCUT2D eigenvalue weighted by atomic mass is 32.2. The molecule has 3 heterocycles. The molecule has 8 heteroatoms. The average Bonchev–Trinajstić information content (AvgIpc) is 2.89. The minimum atomic E-state index is -3.22. The van der Waals surface area contributed by atoms with Crippen LogP contribution < -0.4 is 4.72 Å². The Hall–Kier alpha value is -0.700. The first-order chi connectivity index (χ1) is 10.9. The lowest BCUT2D eigenvalue weighted by molar-refractivity contribution is -0.140. The van der Waals surface area contributed by atoms with Gasteiger partial charge < -0.3 is 14.4 Å². The van der Waals surface area contributed by atoms with Crippen LogP contribution in [0, 0.1) is 5.92 Å². The number of carbonyl (C=O) groups excluding carboxylic acids is 1. The molecule has 3 rings (SSSR count). The summed E-state index contributed by atoms with van der Waals surface area (Å²) in [7, 11) is -3.22. The van der Waals surface area contributed by atoms with Crippen molar-refractivity contribution >= 4 is 15.9 Å². The van der Waals surface area contributed by atoms with Gasteiger partial charge in [-0.05, 0) is 32.1 Å². The molecule has 0 bridgehead atoms. The highest BCUT2D eigenvalue weighted by Crippen LogP contribution is 2.35. The first-order valence-corrected chi connectivity index (χ1v) is 10.2. The molecule has 132 valence electrons. The van der Waals surface area contributed by atoms with Gasteiger partial charge >= 0.3 is 0 Å². The van der Waals surface area contributed by atoms with Crippen molar-refractivity contribution in [2.24, 2.45) is 5.92 Å². The summed E-state index contributed by atoms with van der Waals surface area (Å²) in [6, 6.07) is -0.100. The van der Waals surface area contributed by atoms with Crippen molar-refractivity contribution in [1.82, 2.24) is 9.62 Å². The van der Waals surface area contributed by atoms with E-state index in [-0.39, 0.29) is 23.5 Å². The third-order valence-corrected chi connectivity index (χ3v) is 5.83. The molecular weight excluding hydrogens is 320 g/mol. The van der Waals surface area contributed by atoms with E-state index in [1.807, 2.05) is 4.90 Å². The lowest BCUT2D eigenvalue weighted by Crippen LogP contribution is -2.50. The Morgan fingerprint density at radius 2 is 1.96 bits per heavy atom. The minimum Gasteiger partial charge on any atom is -0.381 e. The van der Waals surface area contributed by atoms with Gasteiger partial charge in [0.15, 0.2) is 0 Å². The van der Waals surface area contributed by atoms with Crippen molar-refractivity contribution < 1.29 is 22.7 Å². The number of carbonyl (C=O) groups is 1. The fraction of sp³-hybridized carbons (Fsp3) is 0.933. The lowest BCUT2D eigenvalue weighted by atomic mass is 9.90. The van der Waals surface area contributed by atoms with Crippen molar-refractivity contribution in [2.45, 2.75) is 43.7 Å². The second kappa shape index (κ2) is 6.66. The molecule has 1 spiro atoms. The fourth-order valence-corrected chi connectivity index (χ4v) is 4.76. The number of nitrogens with zero attached hydrogens (tertiary/aromatic N) is 1. The lowest BCUT2D eigenvalue weighted by Gasteiger charge is -2.38. The van der Waals surface area contributed by atoms with Crippen molar-refractivity contribution in [2.75, 3.05) is 39.2 Å². The third kappa shape index (κ3) is 4.23. The molecule has 3 fully saturated rings. The van der Waals surface area contributed by atoms with Gasteiger partial charge in [-0.1, -0.05) is 0 Å². The van der Waals surface area contributed by atoms with Crippen molar-refractivity contribution in [3.05, 3.63) is 0 Å². The third-order valence-electron chi connectivity index (χ3n) is 5.07. The van der Waals surface area contributed by atoms with E-state index >= 15 is 0 Å². The van der Waals surface area contributed by atoms with Gasteiger partial charge in [-0.3, -0.25) is 4.79 Å². The Labute approximate surface area is 137 Å². The molecule has 0 saturated carbocycles. The molecular formula is C15H26N2O5S. The van der Waals surface area contributed by atoms with Gasteiger partial charge in [-0.2, -0.15) is 0 Å². The zero-order chi connectivity index (χ0) is 16.5. The fourth-order valence-electron chi connectivity index (χ4n) is 3.95. The molecule has 23 heavy (non-hydrogen) atoms. The first kappa shape index (κ1) is 17.1. The molecule has 0 aromatic rings. The summed E-state index contributed by atoms with van der Waals surface area (Å²) in [6.07, 6.45) is 4.87. The predicted molar refractivity (Wildman–Crippen MR) is 84.4 cm³/mol. The van der Waals surface area contributed by atoms with Crippen LogP contribution in [0.1, 0.15) is 32.1 Å². The summed E-state index contributed by atoms with van der Waals surface area (Å²) in [5.74, 6) is 0.263. The van der Waals surface area contributed by atoms with Crippen molar-refractivity contribution in [3.63, 3.8) is 0 Å². The van der Waals surface area contributed by atoms with Crippen LogP contribution >= 0.6 is 0 Å². The summed E-state index contributed by atoms with van der Waals surface area (Å²) < 4.78 is 36.9. The van der Waals surface area contributed by atoms with E-state index in [1.54, 1.807) is 0 Å². The number of sulfonamides is 1. The summed E-state index contributed by atoms with van der Waals surface area (Å²) >= 11 is 0. The van der Waals surface area contributed by atoms with Crippen LogP contribution in [-0.2, 0) is 24.3 Å². The maximum absolute atomic E-state index is 12.6. The van der Waals surface area contributed by atoms with E-state index in [2.05, 4.69) is 4.72 Å². The zero-order valence-corrected chi connectivity index (χ0v) is 14.4. The number of nitrogens with one attached hydrogen (secondary N) is 1. The highest BCUT2D eigenvalue weighted by Gasteiger charge is 2.46. The molecule has 1 amide bonds. The summed E-state index contributed by atoms with van der Waals surface area (Å²) in [4.78, 5) is 14.5. The second-order valence-electron chi connectivity index (χ2n) is 7.01. The maximum atomic E-state index is 12.6. The summed E-state index contributed by atoms with van der Waals surface area (Å²) in [5, 5.41) is 0. The Kier molecular flexibility index (Phi) is 4.96. The van der Waals surface area contributed by atoms with E-state index in [0.29, 0.717) is 45.8 Å². The molecule has 0 aromatic heterocycles. The highest BCUT2D eigenvalue weighted by molar-refractivity contribution is 7.88. The van der Waals surface area contributed by atoms with Crippen LogP contribution in [0.2, 0.25) is 0 Å². The van der Waals surface area contributed by atoms with E-state index in [1.165, 1.54) is 6.26 Å². The Balaban J connectivity index is 1.60. The number of ether oxygens (including phenoxy) is 2. The van der Waals surface area contributed by atoms with E-state index in [4.69, 9.17) is 9.47 Å². The Bertz CT molecular complexity index is 546. The van der Waals surface area contributed by atoms with Gasteiger partial charge in [0.05, 0.1) is 11.9 Å². The molecule has 1 N–H and O–H groups in total. The van der Waals surface area contributed by atoms with Crippen molar-refractivity contribution in [3.8, 4) is 0 Å². The van der Waals surface area contributed by atoms with Crippen molar-refractivity contribution in [1.29, 1.82) is 0 Å². The van der Waals surface area contributed by atoms with Crippen LogP contribution in [0.5, 0.6) is 0 Å². The average molecular weight is 346 g/mol. The number of rotatable bonds is 3. The van der Waals surface area contributed by atoms with Crippen LogP contribution in [0.4, 0.5) is 0 Å². The van der Waals surface area contributed by atoms with Gasteiger partial charge in [-0.25, -0.2) is 13.1 Å². The number of hydrogen-bond acceptors (Lipinski definition) is 5. The van der Waals surface area contributed by atoms with E-state index < -0.39 is 10.0 Å². The predicted octanol–water partition coefficient (Wildman–Crippen LogP) is 0.112. The first-order valence-electron chi connectivity index (χ1n) is 8.35. The Morgan fingerprint density at radius 3 is 2.65 bits per heavy atom. The molecule has 0 aromatic carbocycles. The van der Waals surface area contributed by atoms with E-state index in [9.17, 15) is 13.2 Å². The molecule has 3 aliphatic heterocycles. The molecule has 2 atom stereocenters. The standard InChI is InChI=1S/C15H26N2O5S/c1-23(19,20)16-13-4-9-22-15(10-13)5-6-17(11-15)14(18)12-2-7-21-8-3-12/h12-13,16H,2-11H2,1H3/t13-,15-/m0/s1. The molecule has 0 unspecified atom stereocenters. The van der Waals surface area contributed by atoms with Crippen LogP contribution in [-0.4, -0.2) is 70.0 Å². The van der Waals surface area contributed by atoms with E-state index in [0.717, 1.165) is 19.3 Å². The van der Waals surface area contributed by atoms with Crippen LogP contribution in [0.15, 0.2) is 0 Å². The largest absolute Gasteiger partial charge is 0.381 e. The maximum Gasteiger partial charge on any atom is 0.225 e. The second-order valence-corrected chi connectivity index (χ2v) is 8.79. The van der Waals surface area contributed by atoms with Crippen LogP contribution in [0.25, 0.3) is 0 Å². The number of likely N-dealkylation sites (tertiary alicyclic amines) is 1. The number of amides is 1. The van der Waals surface area contributed by atoms with Gasteiger partial charge in [0.25, 0.3) is 0 Å². The molecule has 3 saturated heterocycles. The molecule has 7 nitrogen and oxygen atoms in total. The van der Waals surface area contributed by atoms with Gasteiger partial charge in [0.2, 0.25) is 15.9 Å². The van der Waals surface area contributed by atoms with Gasteiger partial charge in [0, 0.05) is 44.9 Å².